The molecule has 3 N–H and O–H groups in total. The molecule has 1 unspecified atom stereocenters. The molecule has 1 amide bonds. The van der Waals surface area contributed by atoms with Crippen LogP contribution in [0.3, 0.4) is 0 Å². The molecule has 0 aliphatic rings. The number of carboxylic acids is 1. The summed E-state index contributed by atoms with van der Waals surface area (Å²) in [4.78, 5) is 34.1. The highest BCUT2D eigenvalue weighted by Crippen LogP contribution is 2.10. The average Bonchev–Trinajstić information content (AvgIpc) is 2.76. The number of carbonyl (C=O) groups excluding carboxylic acids is 2. The van der Waals surface area contributed by atoms with Crippen LogP contribution < -0.4 is 5.32 Å². The van der Waals surface area contributed by atoms with Crippen molar-refractivity contribution in [1.29, 1.82) is 0 Å². The maximum Gasteiger partial charge on any atom is 0.327 e. The van der Waals surface area contributed by atoms with E-state index in [1.54, 1.807) is 0 Å². The summed E-state index contributed by atoms with van der Waals surface area (Å²) in [5.74, 6) is -3.13. The molecule has 0 aromatic heterocycles. The monoisotopic (exact) mass is 505 g/mol. The highest BCUT2D eigenvalue weighted by atomic mass is 32.2. The Kier molecular flexibility index (Phi) is 19.3. The number of unbranched alkanes of at least 4 members (excludes halogenated alkanes) is 11. The van der Waals surface area contributed by atoms with Crippen molar-refractivity contribution in [2.24, 2.45) is 0 Å². The summed E-state index contributed by atoms with van der Waals surface area (Å²) in [6, 6.07) is 0. The van der Waals surface area contributed by atoms with Gasteiger partial charge in [0.1, 0.15) is 6.61 Å². The summed E-state index contributed by atoms with van der Waals surface area (Å²) in [5, 5.41) is 9.00. The van der Waals surface area contributed by atoms with E-state index in [2.05, 4.69) is 29.1 Å². The van der Waals surface area contributed by atoms with Crippen LogP contribution >= 0.6 is 0 Å². The summed E-state index contributed by atoms with van der Waals surface area (Å²) in [5.41, 5.74) is 0. The van der Waals surface area contributed by atoms with Gasteiger partial charge in [-0.05, 0) is 32.1 Å². The predicted octanol–water partition coefficient (Wildman–Crippen LogP) is 4.41. The van der Waals surface area contributed by atoms with Crippen molar-refractivity contribution in [3.63, 3.8) is 0 Å². The predicted molar refractivity (Wildman–Crippen MR) is 131 cm³/mol. The van der Waals surface area contributed by atoms with Crippen molar-refractivity contribution < 1.29 is 37.2 Å². The van der Waals surface area contributed by atoms with E-state index in [1.807, 2.05) is 0 Å². The number of rotatable bonds is 22. The lowest BCUT2D eigenvalue weighted by molar-refractivity contribution is -0.147. The summed E-state index contributed by atoms with van der Waals surface area (Å²) in [7, 11) is -4.89. The van der Waals surface area contributed by atoms with Gasteiger partial charge in [-0.2, -0.15) is 8.42 Å². The Balaban J connectivity index is 3.65. The third kappa shape index (κ3) is 19.5. The number of aliphatic carboxylic acids is 1. The number of nitrogens with one attached hydrogen (secondary N) is 1. The Morgan fingerprint density at radius 1 is 0.882 bits per heavy atom. The lowest BCUT2D eigenvalue weighted by atomic mass is 10.1. The quantitative estimate of drug-likeness (QED) is 0.0848. The second kappa shape index (κ2) is 20.4. The van der Waals surface area contributed by atoms with Gasteiger partial charge in [-0.25, -0.2) is 0 Å². The molecule has 1 atom stereocenters. The van der Waals surface area contributed by atoms with Crippen LogP contribution in [0.5, 0.6) is 0 Å². The molecule has 0 saturated carbocycles. The summed E-state index contributed by atoms with van der Waals surface area (Å²) in [6.45, 7) is 1.89. The van der Waals surface area contributed by atoms with Crippen LogP contribution in [-0.4, -0.2) is 54.3 Å². The van der Waals surface area contributed by atoms with Crippen molar-refractivity contribution in [1.82, 2.24) is 5.32 Å². The van der Waals surface area contributed by atoms with Crippen LogP contribution in [0.1, 0.15) is 103 Å². The van der Waals surface area contributed by atoms with Crippen LogP contribution in [0.4, 0.5) is 0 Å². The summed E-state index contributed by atoms with van der Waals surface area (Å²) in [6.07, 6.45) is 19.1. The second-order valence-electron chi connectivity index (χ2n) is 8.45. The molecule has 0 fully saturated rings. The topological polar surface area (TPSA) is 147 Å². The van der Waals surface area contributed by atoms with Crippen molar-refractivity contribution in [2.75, 3.05) is 13.2 Å². The number of carbonyl (C=O) groups is 3. The Bertz CT molecular complexity index is 706. The first-order valence-corrected chi connectivity index (χ1v) is 13.9. The molecular weight excluding hydrogens is 462 g/mol. The Labute approximate surface area is 204 Å². The van der Waals surface area contributed by atoms with E-state index < -0.39 is 33.7 Å². The highest BCUT2D eigenvalue weighted by molar-refractivity contribution is 7.87. The number of esters is 1. The molecule has 0 rings (SSSR count). The van der Waals surface area contributed by atoms with Crippen LogP contribution in [0.2, 0.25) is 0 Å². The normalized spacial score (nSPS) is 12.5. The first-order valence-electron chi connectivity index (χ1n) is 12.4. The number of carboxylic acid groups (broad SMARTS) is 1. The zero-order chi connectivity index (χ0) is 25.7. The first kappa shape index (κ1) is 32.1. The standard InChI is InChI=1S/C24H43NO8S/c1-2-3-4-5-6-7-8-9-10-11-12-13-14-15-16-17-22(26)25-18-19-33-24(29)21(20-23(27)28)34(30,31)32/h9-10,21H,2-8,11-20H2,1H3,(H,25,26)(H,27,28)(H,30,31,32)/b10-9-. The maximum absolute atomic E-state index is 11.8. The van der Waals surface area contributed by atoms with Gasteiger partial charge in [0, 0.05) is 6.42 Å². The van der Waals surface area contributed by atoms with E-state index >= 15 is 0 Å². The second-order valence-corrected chi connectivity index (χ2v) is 10.1. The fourth-order valence-electron chi connectivity index (χ4n) is 3.35. The van der Waals surface area contributed by atoms with Gasteiger partial charge in [-0.15, -0.1) is 0 Å². The number of hydrogen-bond donors (Lipinski definition) is 3. The van der Waals surface area contributed by atoms with Gasteiger partial charge in [-0.1, -0.05) is 70.4 Å². The smallest absolute Gasteiger partial charge is 0.327 e. The molecular formula is C24H43NO8S. The van der Waals surface area contributed by atoms with Gasteiger partial charge < -0.3 is 15.2 Å². The van der Waals surface area contributed by atoms with Crippen LogP contribution in [0.25, 0.3) is 0 Å². The lowest BCUT2D eigenvalue weighted by Crippen LogP contribution is -2.36. The first-order chi connectivity index (χ1) is 16.2. The van der Waals surface area contributed by atoms with E-state index in [-0.39, 0.29) is 19.1 Å². The van der Waals surface area contributed by atoms with Gasteiger partial charge in [0.05, 0.1) is 13.0 Å². The Morgan fingerprint density at radius 2 is 1.41 bits per heavy atom. The fraction of sp³-hybridized carbons (Fsp3) is 0.792. The van der Waals surface area contributed by atoms with Gasteiger partial charge in [0.15, 0.2) is 5.25 Å². The number of hydrogen-bond acceptors (Lipinski definition) is 6. The number of allylic oxidation sites excluding steroid dienone is 2. The van der Waals surface area contributed by atoms with Crippen molar-refractivity contribution in [3.8, 4) is 0 Å². The number of amides is 1. The number of ether oxygens (including phenoxy) is 1. The SMILES string of the molecule is CCCCCCCC/C=C\CCCCCCCC(=O)NCCOC(=O)C(CC(=O)O)S(=O)(=O)O. The average molecular weight is 506 g/mol. The molecule has 10 heteroatoms. The summed E-state index contributed by atoms with van der Waals surface area (Å²) < 4.78 is 35.8. The molecule has 0 aliphatic heterocycles. The van der Waals surface area contributed by atoms with E-state index in [0.29, 0.717) is 6.42 Å². The minimum atomic E-state index is -4.89. The van der Waals surface area contributed by atoms with Gasteiger partial charge in [0.25, 0.3) is 10.1 Å². The van der Waals surface area contributed by atoms with Gasteiger partial charge >= 0.3 is 11.9 Å². The molecule has 198 valence electrons. The fourth-order valence-corrected chi connectivity index (χ4v) is 4.01. The Morgan fingerprint density at radius 3 is 1.94 bits per heavy atom. The van der Waals surface area contributed by atoms with Crippen LogP contribution in [-0.2, 0) is 29.2 Å². The minimum Gasteiger partial charge on any atom is -0.481 e. The van der Waals surface area contributed by atoms with E-state index in [0.717, 1.165) is 38.5 Å². The van der Waals surface area contributed by atoms with E-state index in [9.17, 15) is 22.8 Å². The summed E-state index contributed by atoms with van der Waals surface area (Å²) >= 11 is 0. The molecule has 34 heavy (non-hydrogen) atoms. The largest absolute Gasteiger partial charge is 0.481 e. The van der Waals surface area contributed by atoms with Crippen molar-refractivity contribution in [2.45, 2.75) is 108 Å². The molecule has 0 spiro atoms. The van der Waals surface area contributed by atoms with Gasteiger partial charge in [-0.3, -0.25) is 18.9 Å². The van der Waals surface area contributed by atoms with Crippen molar-refractivity contribution in [3.05, 3.63) is 12.2 Å². The molecule has 0 aromatic carbocycles. The van der Waals surface area contributed by atoms with Crippen LogP contribution in [0, 0.1) is 0 Å². The third-order valence-electron chi connectivity index (χ3n) is 5.32. The maximum atomic E-state index is 11.8. The Hall–Kier alpha value is -1.94. The van der Waals surface area contributed by atoms with Crippen molar-refractivity contribution >= 4 is 28.0 Å². The molecule has 0 aliphatic carbocycles. The van der Waals surface area contributed by atoms with Gasteiger partial charge in [0.2, 0.25) is 5.91 Å². The minimum absolute atomic E-state index is 0.0269. The molecule has 0 bridgehead atoms. The zero-order valence-corrected chi connectivity index (χ0v) is 21.3. The van der Waals surface area contributed by atoms with E-state index in [1.165, 1.54) is 44.9 Å². The molecule has 0 aromatic rings. The molecule has 0 radical (unpaired) electrons. The molecule has 9 nitrogen and oxygen atoms in total. The molecule has 0 heterocycles. The van der Waals surface area contributed by atoms with Crippen LogP contribution in [0.15, 0.2) is 12.2 Å². The zero-order valence-electron chi connectivity index (χ0n) is 20.5. The third-order valence-corrected chi connectivity index (χ3v) is 6.39. The lowest BCUT2D eigenvalue weighted by Gasteiger charge is -2.12. The molecule has 0 saturated heterocycles. The highest BCUT2D eigenvalue weighted by Gasteiger charge is 2.34. The van der Waals surface area contributed by atoms with E-state index in [4.69, 9.17) is 9.66 Å².